The minimum absolute atomic E-state index is 0.265. The highest BCUT2D eigenvalue weighted by atomic mass is 79.9. The van der Waals surface area contributed by atoms with Crippen molar-refractivity contribution in [3.63, 3.8) is 0 Å². The fourth-order valence-electron chi connectivity index (χ4n) is 1.51. The van der Waals surface area contributed by atoms with E-state index in [2.05, 4.69) is 25.9 Å². The molecule has 0 saturated heterocycles. The van der Waals surface area contributed by atoms with Gasteiger partial charge in [0, 0.05) is 18.8 Å². The molecule has 0 radical (unpaired) electrons. The summed E-state index contributed by atoms with van der Waals surface area (Å²) in [5.41, 5.74) is 0.745. The second-order valence-electron chi connectivity index (χ2n) is 3.63. The van der Waals surface area contributed by atoms with Crippen molar-refractivity contribution in [2.24, 2.45) is 0 Å². The Balaban J connectivity index is 2.39. The first-order valence-electron chi connectivity index (χ1n) is 5.07. The molecule has 0 amide bonds. The molecule has 0 saturated carbocycles. The van der Waals surface area contributed by atoms with E-state index in [0.29, 0.717) is 10.4 Å². The molecule has 3 nitrogen and oxygen atoms in total. The number of aromatic nitrogens is 2. The zero-order valence-electron chi connectivity index (χ0n) is 9.48. The van der Waals surface area contributed by atoms with Gasteiger partial charge in [0.1, 0.15) is 22.1 Å². The number of rotatable bonds is 2. The van der Waals surface area contributed by atoms with Crippen molar-refractivity contribution in [3.8, 4) is 0 Å². The van der Waals surface area contributed by atoms with Gasteiger partial charge in [-0.15, -0.1) is 0 Å². The zero-order chi connectivity index (χ0) is 12.4. The summed E-state index contributed by atoms with van der Waals surface area (Å²) in [5.74, 6) is 1.12. The number of hydrogen-bond acceptors (Lipinski definition) is 3. The van der Waals surface area contributed by atoms with Crippen LogP contribution in [0.25, 0.3) is 0 Å². The lowest BCUT2D eigenvalue weighted by Crippen LogP contribution is -2.12. The van der Waals surface area contributed by atoms with Crippen LogP contribution in [0.3, 0.4) is 0 Å². The van der Waals surface area contributed by atoms with Crippen LogP contribution in [0.4, 0.5) is 15.9 Å². The van der Waals surface area contributed by atoms with Crippen LogP contribution in [-0.2, 0) is 0 Å². The van der Waals surface area contributed by atoms with Gasteiger partial charge in [0.2, 0.25) is 0 Å². The van der Waals surface area contributed by atoms with Gasteiger partial charge < -0.3 is 4.90 Å². The third-order valence-corrected chi connectivity index (χ3v) is 2.74. The van der Waals surface area contributed by atoms with E-state index in [4.69, 9.17) is 0 Å². The SMILES string of the molecule is Cc1nc(Br)cc(N(C)c2cccc(F)c2)n1. The van der Waals surface area contributed by atoms with Crippen molar-refractivity contribution in [2.75, 3.05) is 11.9 Å². The molecule has 0 unspecified atom stereocenters. The van der Waals surface area contributed by atoms with E-state index in [1.54, 1.807) is 12.1 Å². The molecule has 1 heterocycles. The molecule has 5 heteroatoms. The summed E-state index contributed by atoms with van der Waals surface area (Å²) in [7, 11) is 1.84. The maximum absolute atomic E-state index is 13.1. The highest BCUT2D eigenvalue weighted by Gasteiger charge is 2.08. The Morgan fingerprint density at radius 3 is 2.65 bits per heavy atom. The van der Waals surface area contributed by atoms with E-state index in [1.807, 2.05) is 24.9 Å². The van der Waals surface area contributed by atoms with Crippen molar-refractivity contribution in [1.29, 1.82) is 0 Å². The van der Waals surface area contributed by atoms with Crippen molar-refractivity contribution in [2.45, 2.75) is 6.92 Å². The van der Waals surface area contributed by atoms with Crippen LogP contribution in [0, 0.1) is 12.7 Å². The molecule has 2 rings (SSSR count). The largest absolute Gasteiger partial charge is 0.329 e. The predicted octanol–water partition coefficient (Wildman–Crippen LogP) is 3.45. The number of halogens is 2. The molecule has 0 aliphatic carbocycles. The second-order valence-corrected chi connectivity index (χ2v) is 4.45. The summed E-state index contributed by atoms with van der Waals surface area (Å²) in [6.45, 7) is 1.81. The Morgan fingerprint density at radius 1 is 1.24 bits per heavy atom. The lowest BCUT2D eigenvalue weighted by molar-refractivity contribution is 0.628. The minimum Gasteiger partial charge on any atom is -0.329 e. The summed E-state index contributed by atoms with van der Waals surface area (Å²) >= 11 is 3.32. The summed E-state index contributed by atoms with van der Waals surface area (Å²) in [6, 6.07) is 8.17. The van der Waals surface area contributed by atoms with E-state index >= 15 is 0 Å². The quantitative estimate of drug-likeness (QED) is 0.795. The highest BCUT2D eigenvalue weighted by Crippen LogP contribution is 2.24. The molecule has 0 atom stereocenters. The van der Waals surface area contributed by atoms with Crippen LogP contribution < -0.4 is 4.90 Å². The molecular formula is C12H11BrFN3. The van der Waals surface area contributed by atoms with Crippen molar-refractivity contribution >= 4 is 27.4 Å². The Hall–Kier alpha value is -1.49. The molecular weight excluding hydrogens is 285 g/mol. The summed E-state index contributed by atoms with van der Waals surface area (Å²) in [4.78, 5) is 10.2. The van der Waals surface area contributed by atoms with Crippen LogP contribution >= 0.6 is 15.9 Å². The number of hydrogen-bond donors (Lipinski definition) is 0. The van der Waals surface area contributed by atoms with Crippen molar-refractivity contribution < 1.29 is 4.39 Å². The lowest BCUT2D eigenvalue weighted by Gasteiger charge is -2.18. The van der Waals surface area contributed by atoms with Crippen LogP contribution in [0.15, 0.2) is 34.9 Å². The first kappa shape index (κ1) is 12.0. The first-order chi connectivity index (χ1) is 8.06. The summed E-state index contributed by atoms with van der Waals surface area (Å²) < 4.78 is 13.8. The van der Waals surface area contributed by atoms with Crippen LogP contribution in [0.1, 0.15) is 5.82 Å². The normalized spacial score (nSPS) is 10.4. The smallest absolute Gasteiger partial charge is 0.137 e. The van der Waals surface area contributed by atoms with Gasteiger partial charge in [-0.1, -0.05) is 6.07 Å². The minimum atomic E-state index is -0.265. The Morgan fingerprint density at radius 2 is 2.00 bits per heavy atom. The van der Waals surface area contributed by atoms with Crippen molar-refractivity contribution in [1.82, 2.24) is 9.97 Å². The molecule has 17 heavy (non-hydrogen) atoms. The molecule has 1 aromatic carbocycles. The molecule has 0 spiro atoms. The third kappa shape index (κ3) is 2.79. The number of benzene rings is 1. The van der Waals surface area contributed by atoms with Gasteiger partial charge in [-0.2, -0.15) is 0 Å². The van der Waals surface area contributed by atoms with Crippen LogP contribution in [0.2, 0.25) is 0 Å². The molecule has 1 aromatic heterocycles. The van der Waals surface area contributed by atoms with Crippen LogP contribution in [0.5, 0.6) is 0 Å². The van der Waals surface area contributed by atoms with Gasteiger partial charge in [-0.25, -0.2) is 14.4 Å². The summed E-state index contributed by atoms with van der Waals surface area (Å²) in [6.07, 6.45) is 0. The van der Waals surface area contributed by atoms with E-state index < -0.39 is 0 Å². The molecule has 0 bridgehead atoms. The molecule has 0 aliphatic rings. The molecule has 0 aliphatic heterocycles. The zero-order valence-corrected chi connectivity index (χ0v) is 11.1. The van der Waals surface area contributed by atoms with Gasteiger partial charge >= 0.3 is 0 Å². The molecule has 2 aromatic rings. The Bertz CT molecular complexity index is 525. The van der Waals surface area contributed by atoms with Gasteiger partial charge in [0.05, 0.1) is 0 Å². The maximum atomic E-state index is 13.1. The average Bonchev–Trinajstić information content (AvgIpc) is 2.26. The predicted molar refractivity (Wildman–Crippen MR) is 68.9 cm³/mol. The second kappa shape index (κ2) is 4.79. The van der Waals surface area contributed by atoms with E-state index in [0.717, 1.165) is 11.5 Å². The third-order valence-electron chi connectivity index (χ3n) is 2.33. The fourth-order valence-corrected chi connectivity index (χ4v) is 1.97. The topological polar surface area (TPSA) is 29.0 Å². The van der Waals surface area contributed by atoms with Crippen LogP contribution in [-0.4, -0.2) is 17.0 Å². The average molecular weight is 296 g/mol. The van der Waals surface area contributed by atoms with Crippen molar-refractivity contribution in [3.05, 3.63) is 46.6 Å². The fraction of sp³-hybridized carbons (Fsp3) is 0.167. The maximum Gasteiger partial charge on any atom is 0.137 e. The highest BCUT2D eigenvalue weighted by molar-refractivity contribution is 9.10. The number of nitrogens with zero attached hydrogens (tertiary/aromatic N) is 3. The van der Waals surface area contributed by atoms with Gasteiger partial charge in [-0.05, 0) is 41.1 Å². The Kier molecular flexibility index (Phi) is 3.38. The molecule has 88 valence electrons. The number of anilines is 2. The van der Waals surface area contributed by atoms with E-state index in [9.17, 15) is 4.39 Å². The van der Waals surface area contributed by atoms with E-state index in [-0.39, 0.29) is 5.82 Å². The van der Waals surface area contributed by atoms with Gasteiger partial charge in [0.25, 0.3) is 0 Å². The van der Waals surface area contributed by atoms with Gasteiger partial charge in [0.15, 0.2) is 0 Å². The van der Waals surface area contributed by atoms with Gasteiger partial charge in [-0.3, -0.25) is 0 Å². The lowest BCUT2D eigenvalue weighted by atomic mass is 10.3. The molecule has 0 N–H and O–H groups in total. The monoisotopic (exact) mass is 295 g/mol. The number of aryl methyl sites for hydroxylation is 1. The van der Waals surface area contributed by atoms with E-state index in [1.165, 1.54) is 12.1 Å². The standard InChI is InChI=1S/C12H11BrFN3/c1-8-15-11(13)7-12(16-8)17(2)10-5-3-4-9(14)6-10/h3-7H,1-2H3. The first-order valence-corrected chi connectivity index (χ1v) is 5.86. The Labute approximate surface area is 107 Å². The molecule has 0 fully saturated rings. The summed E-state index contributed by atoms with van der Waals surface area (Å²) in [5, 5.41) is 0.